The molecule has 1 amide bonds. The standard InChI is InChI=1S/C21H24F3N3O3S/c1-26-12-10-18(11-13-26)27(2)20(28)15-6-8-19(9-7-15)31(29,30)25-17-5-3-4-16(14-17)21(22,23)24/h3-9,14,18,25H,10-13H2,1-2H3. The van der Waals surface area contributed by atoms with Crippen molar-refractivity contribution in [3.8, 4) is 0 Å². The second kappa shape index (κ2) is 8.88. The molecule has 1 saturated heterocycles. The second-order valence-electron chi connectivity index (χ2n) is 7.66. The molecule has 10 heteroatoms. The van der Waals surface area contributed by atoms with Crippen molar-refractivity contribution in [1.29, 1.82) is 0 Å². The summed E-state index contributed by atoms with van der Waals surface area (Å²) in [5, 5.41) is 0. The molecule has 0 aromatic heterocycles. The fourth-order valence-electron chi connectivity index (χ4n) is 3.50. The molecule has 0 spiro atoms. The van der Waals surface area contributed by atoms with Gasteiger partial charge < -0.3 is 9.80 Å². The Morgan fingerprint density at radius 1 is 1.10 bits per heavy atom. The number of carbonyl (C=O) groups excluding carboxylic acids is 1. The van der Waals surface area contributed by atoms with E-state index >= 15 is 0 Å². The van der Waals surface area contributed by atoms with Gasteiger partial charge in [0.15, 0.2) is 0 Å². The predicted octanol–water partition coefficient (Wildman–Crippen LogP) is 3.67. The summed E-state index contributed by atoms with van der Waals surface area (Å²) in [4.78, 5) is 16.5. The number of alkyl halides is 3. The maximum absolute atomic E-state index is 12.8. The number of benzene rings is 2. The molecule has 2 aromatic carbocycles. The molecule has 168 valence electrons. The van der Waals surface area contributed by atoms with E-state index in [9.17, 15) is 26.4 Å². The van der Waals surface area contributed by atoms with E-state index in [0.717, 1.165) is 44.1 Å². The van der Waals surface area contributed by atoms with Gasteiger partial charge in [0.1, 0.15) is 0 Å². The highest BCUT2D eigenvalue weighted by Gasteiger charge is 2.31. The normalized spacial score (nSPS) is 16.2. The molecule has 1 N–H and O–H groups in total. The van der Waals surface area contributed by atoms with E-state index in [0.29, 0.717) is 5.56 Å². The van der Waals surface area contributed by atoms with Gasteiger partial charge in [0.25, 0.3) is 15.9 Å². The molecule has 3 rings (SSSR count). The van der Waals surface area contributed by atoms with E-state index in [1.54, 1.807) is 11.9 Å². The first kappa shape index (κ1) is 23.1. The van der Waals surface area contributed by atoms with Gasteiger partial charge >= 0.3 is 6.18 Å². The van der Waals surface area contributed by atoms with E-state index in [2.05, 4.69) is 9.62 Å². The Bertz CT molecular complexity index is 1030. The molecule has 31 heavy (non-hydrogen) atoms. The summed E-state index contributed by atoms with van der Waals surface area (Å²) >= 11 is 0. The van der Waals surface area contributed by atoms with Crippen molar-refractivity contribution in [3.63, 3.8) is 0 Å². The van der Waals surface area contributed by atoms with Crippen LogP contribution in [0.5, 0.6) is 0 Å². The summed E-state index contributed by atoms with van der Waals surface area (Å²) in [6.45, 7) is 1.81. The number of sulfonamides is 1. The monoisotopic (exact) mass is 455 g/mol. The highest BCUT2D eigenvalue weighted by atomic mass is 32.2. The molecule has 0 atom stereocenters. The first-order valence-electron chi connectivity index (χ1n) is 9.73. The molecule has 1 fully saturated rings. The third kappa shape index (κ3) is 5.56. The first-order chi connectivity index (χ1) is 14.5. The van der Waals surface area contributed by atoms with Crippen molar-refractivity contribution in [1.82, 2.24) is 9.80 Å². The number of piperidine rings is 1. The minimum atomic E-state index is -4.58. The number of likely N-dealkylation sites (tertiary alicyclic amines) is 1. The molecule has 2 aromatic rings. The van der Waals surface area contributed by atoms with Gasteiger partial charge in [-0.3, -0.25) is 9.52 Å². The minimum absolute atomic E-state index is 0.120. The lowest BCUT2D eigenvalue weighted by molar-refractivity contribution is -0.137. The lowest BCUT2D eigenvalue weighted by Gasteiger charge is -2.35. The Morgan fingerprint density at radius 3 is 2.29 bits per heavy atom. The number of hydrogen-bond donors (Lipinski definition) is 1. The Balaban J connectivity index is 1.72. The third-order valence-corrected chi connectivity index (χ3v) is 6.81. The summed E-state index contributed by atoms with van der Waals surface area (Å²) in [6, 6.07) is 9.43. The predicted molar refractivity (Wildman–Crippen MR) is 111 cm³/mol. The Hall–Kier alpha value is -2.59. The Morgan fingerprint density at radius 2 is 1.71 bits per heavy atom. The van der Waals surface area contributed by atoms with E-state index < -0.39 is 21.8 Å². The van der Waals surface area contributed by atoms with Crippen molar-refractivity contribution in [2.75, 3.05) is 31.9 Å². The smallest absolute Gasteiger partial charge is 0.339 e. The van der Waals surface area contributed by atoms with Crippen LogP contribution in [0, 0.1) is 0 Å². The molecule has 0 unspecified atom stereocenters. The van der Waals surface area contributed by atoms with Crippen LogP contribution in [0.15, 0.2) is 53.4 Å². The number of nitrogens with one attached hydrogen (secondary N) is 1. The number of carbonyl (C=O) groups is 1. The summed E-state index contributed by atoms with van der Waals surface area (Å²) in [7, 11) is -0.346. The zero-order chi connectivity index (χ0) is 22.8. The van der Waals surface area contributed by atoms with Gasteiger partial charge in [0.2, 0.25) is 0 Å². The van der Waals surface area contributed by atoms with E-state index in [-0.39, 0.29) is 22.5 Å². The molecule has 0 saturated carbocycles. The van der Waals surface area contributed by atoms with Crippen molar-refractivity contribution < 1.29 is 26.4 Å². The SMILES string of the molecule is CN1CCC(N(C)C(=O)c2ccc(S(=O)(=O)Nc3cccc(C(F)(F)F)c3)cc2)CC1. The number of nitrogens with zero attached hydrogens (tertiary/aromatic N) is 2. The quantitative estimate of drug-likeness (QED) is 0.747. The number of rotatable bonds is 5. The average molecular weight is 456 g/mol. The molecular formula is C21H24F3N3O3S. The van der Waals surface area contributed by atoms with Gasteiger partial charge in [-0.15, -0.1) is 0 Å². The largest absolute Gasteiger partial charge is 0.416 e. The number of amides is 1. The summed E-state index contributed by atoms with van der Waals surface area (Å²) in [5.41, 5.74) is -0.804. The van der Waals surface area contributed by atoms with Crippen LogP contribution in [-0.4, -0.2) is 57.4 Å². The van der Waals surface area contributed by atoms with Crippen LogP contribution in [0.3, 0.4) is 0 Å². The molecule has 1 heterocycles. The number of halogens is 3. The Kier molecular flexibility index (Phi) is 6.61. The zero-order valence-electron chi connectivity index (χ0n) is 17.2. The van der Waals surface area contributed by atoms with Crippen LogP contribution < -0.4 is 4.72 Å². The van der Waals surface area contributed by atoms with Gasteiger partial charge in [0, 0.05) is 24.3 Å². The highest BCUT2D eigenvalue weighted by molar-refractivity contribution is 7.92. The van der Waals surface area contributed by atoms with Gasteiger partial charge in [-0.1, -0.05) is 6.07 Å². The van der Waals surface area contributed by atoms with E-state index in [4.69, 9.17) is 0 Å². The van der Waals surface area contributed by atoms with Crippen molar-refractivity contribution in [2.45, 2.75) is 30.0 Å². The van der Waals surface area contributed by atoms with E-state index in [1.165, 1.54) is 30.3 Å². The summed E-state index contributed by atoms with van der Waals surface area (Å²) < 4.78 is 65.8. The number of hydrogen-bond acceptors (Lipinski definition) is 4. The van der Waals surface area contributed by atoms with Gasteiger partial charge in [-0.05, 0) is 75.4 Å². The molecular weight excluding hydrogens is 431 g/mol. The van der Waals surface area contributed by atoms with E-state index in [1.807, 2.05) is 7.05 Å². The van der Waals surface area contributed by atoms with Crippen LogP contribution in [0.4, 0.5) is 18.9 Å². The molecule has 1 aliphatic rings. The van der Waals surface area contributed by atoms with Crippen LogP contribution in [0.25, 0.3) is 0 Å². The number of anilines is 1. The van der Waals surface area contributed by atoms with Gasteiger partial charge in [0.05, 0.1) is 10.5 Å². The lowest BCUT2D eigenvalue weighted by Crippen LogP contribution is -2.44. The van der Waals surface area contributed by atoms with Gasteiger partial charge in [-0.25, -0.2) is 8.42 Å². The average Bonchev–Trinajstić information content (AvgIpc) is 2.72. The minimum Gasteiger partial charge on any atom is -0.339 e. The fraction of sp³-hybridized carbons (Fsp3) is 0.381. The maximum atomic E-state index is 12.8. The summed E-state index contributed by atoms with van der Waals surface area (Å²) in [6.07, 6.45) is -2.85. The molecule has 6 nitrogen and oxygen atoms in total. The van der Waals surface area contributed by atoms with Crippen LogP contribution in [0.2, 0.25) is 0 Å². The lowest BCUT2D eigenvalue weighted by atomic mass is 10.0. The van der Waals surface area contributed by atoms with Crippen molar-refractivity contribution in [3.05, 3.63) is 59.7 Å². The topological polar surface area (TPSA) is 69.7 Å². The highest BCUT2D eigenvalue weighted by Crippen LogP contribution is 2.31. The molecule has 0 radical (unpaired) electrons. The Labute approximate surface area is 179 Å². The summed E-state index contributed by atoms with van der Waals surface area (Å²) in [5.74, 6) is -0.204. The molecule has 1 aliphatic heterocycles. The maximum Gasteiger partial charge on any atom is 0.416 e. The van der Waals surface area contributed by atoms with Crippen LogP contribution in [0.1, 0.15) is 28.8 Å². The zero-order valence-corrected chi connectivity index (χ0v) is 18.0. The second-order valence-corrected chi connectivity index (χ2v) is 9.34. The first-order valence-corrected chi connectivity index (χ1v) is 11.2. The van der Waals surface area contributed by atoms with Crippen LogP contribution >= 0.6 is 0 Å². The fourth-order valence-corrected chi connectivity index (χ4v) is 4.55. The van der Waals surface area contributed by atoms with Crippen molar-refractivity contribution in [2.24, 2.45) is 0 Å². The van der Waals surface area contributed by atoms with Crippen molar-refractivity contribution >= 4 is 21.6 Å². The van der Waals surface area contributed by atoms with Gasteiger partial charge in [-0.2, -0.15) is 13.2 Å². The third-order valence-electron chi connectivity index (χ3n) is 5.41. The van der Waals surface area contributed by atoms with Crippen LogP contribution in [-0.2, 0) is 16.2 Å². The molecule has 0 bridgehead atoms. The molecule has 0 aliphatic carbocycles.